The van der Waals surface area contributed by atoms with Gasteiger partial charge in [0, 0.05) is 4.75 Å². The molecule has 3 rings (SSSR count). The van der Waals surface area contributed by atoms with Gasteiger partial charge in [-0.15, -0.1) is 11.8 Å². The summed E-state index contributed by atoms with van der Waals surface area (Å²) in [4.78, 5) is 12.3. The summed E-state index contributed by atoms with van der Waals surface area (Å²) in [5, 5.41) is 0. The number of methoxy groups -OCH3 is 1. The maximum atomic E-state index is 12.3. The summed E-state index contributed by atoms with van der Waals surface area (Å²) in [6.45, 7) is 4.01. The fraction of sp³-hybridized carbons (Fsp3) is 0.240. The van der Waals surface area contributed by atoms with Crippen LogP contribution in [0.25, 0.3) is 0 Å². The molecule has 0 saturated heterocycles. The second kappa shape index (κ2) is 8.85. The molecule has 0 aromatic heterocycles. The maximum Gasteiger partial charge on any atom is 0.324 e. The molecule has 0 aliphatic rings. The minimum atomic E-state index is -0.770. The quantitative estimate of drug-likeness (QED) is 0.444. The molecule has 0 spiro atoms. The van der Waals surface area contributed by atoms with Crippen LogP contribution in [0.2, 0.25) is 0 Å². The van der Waals surface area contributed by atoms with Gasteiger partial charge in [-0.3, -0.25) is 4.79 Å². The first kappa shape index (κ1) is 21.2. The van der Waals surface area contributed by atoms with E-state index in [9.17, 15) is 4.79 Å². The van der Waals surface area contributed by atoms with Gasteiger partial charge < -0.3 is 10.5 Å². The molecule has 0 aliphatic carbocycles. The monoisotopic (exact) mass is 405 g/mol. The largest absolute Gasteiger partial charge is 0.468 e. The van der Waals surface area contributed by atoms with Crippen LogP contribution < -0.4 is 5.73 Å². The van der Waals surface area contributed by atoms with E-state index in [2.05, 4.69) is 36.4 Å². The highest BCUT2D eigenvalue weighted by molar-refractivity contribution is 8.02. The van der Waals surface area contributed by atoms with Crippen LogP contribution in [-0.2, 0) is 14.3 Å². The van der Waals surface area contributed by atoms with Gasteiger partial charge >= 0.3 is 5.97 Å². The Bertz CT molecular complexity index is 830. The van der Waals surface area contributed by atoms with E-state index in [0.29, 0.717) is 0 Å². The van der Waals surface area contributed by atoms with Crippen LogP contribution in [0, 0.1) is 0 Å². The molecule has 150 valence electrons. The number of ether oxygens (including phenoxy) is 1. The minimum absolute atomic E-state index is 0.411. The molecule has 1 unspecified atom stereocenters. The molecule has 29 heavy (non-hydrogen) atoms. The van der Waals surface area contributed by atoms with Crippen molar-refractivity contribution < 1.29 is 9.53 Å². The Morgan fingerprint density at radius 2 is 1.14 bits per heavy atom. The Kier molecular flexibility index (Phi) is 6.46. The number of thioether (sulfide) groups is 1. The molecule has 0 amide bonds. The molecule has 0 saturated carbocycles. The normalized spacial score (nSPS) is 13.0. The van der Waals surface area contributed by atoms with Crippen LogP contribution in [-0.4, -0.2) is 23.9 Å². The number of carbonyl (C=O) groups excluding carboxylic acids is 1. The number of nitrogens with two attached hydrogens (primary N) is 1. The molecule has 3 nitrogen and oxygen atoms in total. The van der Waals surface area contributed by atoms with Crippen molar-refractivity contribution in [3.05, 3.63) is 108 Å². The highest BCUT2D eigenvalue weighted by Gasteiger charge is 2.45. The van der Waals surface area contributed by atoms with Crippen molar-refractivity contribution in [3.8, 4) is 0 Å². The molecule has 4 heteroatoms. The smallest absolute Gasteiger partial charge is 0.324 e. The van der Waals surface area contributed by atoms with Gasteiger partial charge in [0.15, 0.2) is 0 Å². The fourth-order valence-electron chi connectivity index (χ4n) is 3.56. The number of carbonyl (C=O) groups is 1. The third-order valence-electron chi connectivity index (χ3n) is 5.16. The van der Waals surface area contributed by atoms with E-state index in [1.54, 1.807) is 11.8 Å². The Labute approximate surface area is 177 Å². The average Bonchev–Trinajstić information content (AvgIpc) is 2.78. The summed E-state index contributed by atoms with van der Waals surface area (Å²) in [7, 11) is 1.38. The Morgan fingerprint density at radius 1 is 0.793 bits per heavy atom. The van der Waals surface area contributed by atoms with Crippen LogP contribution in [0.1, 0.15) is 30.5 Å². The van der Waals surface area contributed by atoms with E-state index in [-0.39, 0.29) is 0 Å². The second-order valence-corrected chi connectivity index (χ2v) is 9.35. The predicted octanol–water partition coefficient (Wildman–Crippen LogP) is 4.99. The standard InChI is InChI=1S/C25H27NO2S/c1-24(2,22(26)23(27)28-3)29-25(19-13-7-4-8-14-19,20-15-9-5-10-16-20)21-17-11-6-12-18-21/h4-18,22H,26H2,1-3H3. The van der Waals surface area contributed by atoms with Crippen molar-refractivity contribution in [1.82, 2.24) is 0 Å². The minimum Gasteiger partial charge on any atom is -0.468 e. The molecule has 3 aromatic rings. The molecule has 2 N–H and O–H groups in total. The molecule has 0 heterocycles. The van der Waals surface area contributed by atoms with E-state index in [4.69, 9.17) is 10.5 Å². The first-order chi connectivity index (χ1) is 13.9. The van der Waals surface area contributed by atoms with Gasteiger partial charge in [0.2, 0.25) is 0 Å². The summed E-state index contributed by atoms with van der Waals surface area (Å²) in [5.74, 6) is -0.411. The van der Waals surface area contributed by atoms with Crippen molar-refractivity contribution in [1.29, 1.82) is 0 Å². The molecule has 0 bridgehead atoms. The molecule has 1 atom stereocenters. The van der Waals surface area contributed by atoms with Crippen LogP contribution >= 0.6 is 11.8 Å². The summed E-state index contributed by atoms with van der Waals surface area (Å²) >= 11 is 1.68. The van der Waals surface area contributed by atoms with E-state index < -0.39 is 21.5 Å². The van der Waals surface area contributed by atoms with Gasteiger partial charge in [0.05, 0.1) is 11.9 Å². The molecular formula is C25H27NO2S. The Balaban J connectivity index is 2.27. The molecule has 3 aromatic carbocycles. The van der Waals surface area contributed by atoms with Gasteiger partial charge in [-0.1, -0.05) is 91.0 Å². The molecule has 0 aliphatic heterocycles. The lowest BCUT2D eigenvalue weighted by Crippen LogP contribution is -2.49. The first-order valence-corrected chi connectivity index (χ1v) is 10.4. The third kappa shape index (κ3) is 4.24. The van der Waals surface area contributed by atoms with E-state index >= 15 is 0 Å². The van der Waals surface area contributed by atoms with Gasteiger partial charge in [0.25, 0.3) is 0 Å². The van der Waals surface area contributed by atoms with E-state index in [0.717, 1.165) is 16.7 Å². The molecule has 0 fully saturated rings. The van der Waals surface area contributed by atoms with Crippen molar-refractivity contribution in [2.45, 2.75) is 29.4 Å². The van der Waals surface area contributed by atoms with Crippen molar-refractivity contribution in [2.75, 3.05) is 7.11 Å². The van der Waals surface area contributed by atoms with Crippen LogP contribution in [0.3, 0.4) is 0 Å². The number of rotatable bonds is 7. The van der Waals surface area contributed by atoms with Crippen LogP contribution in [0.15, 0.2) is 91.0 Å². The van der Waals surface area contributed by atoms with Gasteiger partial charge in [-0.05, 0) is 30.5 Å². The average molecular weight is 406 g/mol. The SMILES string of the molecule is COC(=O)C(N)C(C)(C)SC(c1ccccc1)(c1ccccc1)c1ccccc1. The topological polar surface area (TPSA) is 52.3 Å². The lowest BCUT2D eigenvalue weighted by atomic mass is 9.84. The third-order valence-corrected chi connectivity index (χ3v) is 6.95. The fourth-order valence-corrected chi connectivity index (χ4v) is 5.34. The number of hydrogen-bond acceptors (Lipinski definition) is 4. The highest BCUT2D eigenvalue weighted by atomic mass is 32.2. The van der Waals surface area contributed by atoms with Crippen LogP contribution in [0.4, 0.5) is 0 Å². The lowest BCUT2D eigenvalue weighted by Gasteiger charge is -2.42. The summed E-state index contributed by atoms with van der Waals surface area (Å²) < 4.78 is 3.81. The predicted molar refractivity (Wildman–Crippen MR) is 121 cm³/mol. The Morgan fingerprint density at radius 3 is 1.45 bits per heavy atom. The van der Waals surface area contributed by atoms with Gasteiger partial charge in [-0.25, -0.2) is 0 Å². The summed E-state index contributed by atoms with van der Waals surface area (Å²) in [6, 6.07) is 30.3. The molecular weight excluding hydrogens is 378 g/mol. The van der Waals surface area contributed by atoms with Gasteiger partial charge in [0.1, 0.15) is 6.04 Å². The number of hydrogen-bond donors (Lipinski definition) is 1. The maximum absolute atomic E-state index is 12.3. The lowest BCUT2D eigenvalue weighted by molar-refractivity contribution is -0.142. The zero-order chi connectivity index (χ0) is 20.9. The summed E-state index contributed by atoms with van der Waals surface area (Å²) in [6.07, 6.45) is 0. The van der Waals surface area contributed by atoms with Crippen molar-refractivity contribution in [3.63, 3.8) is 0 Å². The van der Waals surface area contributed by atoms with Gasteiger partial charge in [-0.2, -0.15) is 0 Å². The second-order valence-electron chi connectivity index (χ2n) is 7.49. The van der Waals surface area contributed by atoms with E-state index in [1.165, 1.54) is 7.11 Å². The van der Waals surface area contributed by atoms with Crippen LogP contribution in [0.5, 0.6) is 0 Å². The number of esters is 1. The Hall–Kier alpha value is -2.56. The van der Waals surface area contributed by atoms with Crippen molar-refractivity contribution >= 4 is 17.7 Å². The highest BCUT2D eigenvalue weighted by Crippen LogP contribution is 2.53. The summed E-state index contributed by atoms with van der Waals surface area (Å²) in [5.41, 5.74) is 9.75. The number of benzene rings is 3. The zero-order valence-electron chi connectivity index (χ0n) is 17.0. The first-order valence-electron chi connectivity index (χ1n) is 9.62. The molecule has 0 radical (unpaired) electrons. The van der Waals surface area contributed by atoms with Crippen molar-refractivity contribution in [2.24, 2.45) is 5.73 Å². The van der Waals surface area contributed by atoms with E-state index in [1.807, 2.05) is 68.4 Å². The zero-order valence-corrected chi connectivity index (χ0v) is 17.9.